The lowest BCUT2D eigenvalue weighted by atomic mass is 10.1. The Balaban J connectivity index is 1.52. The first-order valence-corrected chi connectivity index (χ1v) is 10.4. The van der Waals surface area contributed by atoms with Crippen molar-refractivity contribution in [3.8, 4) is 21.8 Å². The van der Waals surface area contributed by atoms with E-state index in [0.29, 0.717) is 33.1 Å². The molecule has 4 rings (SSSR count). The third-order valence-corrected chi connectivity index (χ3v) is 5.48. The van der Waals surface area contributed by atoms with Crippen LogP contribution in [-0.2, 0) is 4.79 Å². The predicted octanol–water partition coefficient (Wildman–Crippen LogP) is 6.18. The second-order valence-electron chi connectivity index (χ2n) is 6.73. The van der Waals surface area contributed by atoms with Crippen LogP contribution in [0.2, 0.25) is 0 Å². The number of thiazole rings is 1. The van der Waals surface area contributed by atoms with Crippen molar-refractivity contribution >= 4 is 34.7 Å². The lowest BCUT2D eigenvalue weighted by Crippen LogP contribution is -2.08. The van der Waals surface area contributed by atoms with Crippen LogP contribution in [0.1, 0.15) is 5.56 Å². The van der Waals surface area contributed by atoms with Crippen molar-refractivity contribution in [3.63, 3.8) is 0 Å². The molecule has 158 valence electrons. The van der Waals surface area contributed by atoms with E-state index in [1.165, 1.54) is 35.6 Å². The lowest BCUT2D eigenvalue weighted by Gasteiger charge is -2.08. The molecule has 0 fully saturated rings. The molecule has 0 saturated carbocycles. The van der Waals surface area contributed by atoms with Gasteiger partial charge in [0.2, 0.25) is 5.91 Å². The van der Waals surface area contributed by atoms with Gasteiger partial charge in [-0.15, -0.1) is 11.3 Å². The first-order chi connectivity index (χ1) is 15.5. The normalized spacial score (nSPS) is 10.9. The smallest absolute Gasteiger partial charge is 0.269 e. The Kier molecular flexibility index (Phi) is 6.14. The topological polar surface area (TPSA) is 85.1 Å². The Morgan fingerprint density at radius 2 is 1.69 bits per heavy atom. The van der Waals surface area contributed by atoms with Gasteiger partial charge in [-0.2, -0.15) is 0 Å². The Morgan fingerprint density at radius 1 is 1.00 bits per heavy atom. The van der Waals surface area contributed by atoms with Gasteiger partial charge in [0.15, 0.2) is 0 Å². The molecule has 0 radical (unpaired) electrons. The fourth-order valence-corrected chi connectivity index (χ4v) is 3.87. The molecule has 0 aliphatic heterocycles. The minimum Gasteiger partial charge on any atom is -0.322 e. The summed E-state index contributed by atoms with van der Waals surface area (Å²) in [6, 6.07) is 19.5. The highest BCUT2D eigenvalue weighted by atomic mass is 32.1. The number of para-hydroxylation sites is 1. The van der Waals surface area contributed by atoms with Gasteiger partial charge in [-0.05, 0) is 42.0 Å². The number of hydrogen-bond donors (Lipinski definition) is 1. The quantitative estimate of drug-likeness (QED) is 0.218. The molecule has 4 aromatic rings. The second kappa shape index (κ2) is 9.32. The number of non-ortho nitro benzene ring substituents is 1. The standard InChI is InChI=1S/C24H16FN3O3S/c25-20-7-3-1-5-18(20)24-27-22(15-32-24)19-6-2-4-8-21(19)26-23(29)14-11-16-9-12-17(13-10-16)28(30)31/h1-15H,(H,26,29)/b14-11+. The number of anilines is 1. The summed E-state index contributed by atoms with van der Waals surface area (Å²) < 4.78 is 14.1. The van der Waals surface area contributed by atoms with Gasteiger partial charge in [0.25, 0.3) is 5.69 Å². The molecule has 1 heterocycles. The summed E-state index contributed by atoms with van der Waals surface area (Å²) in [5, 5.41) is 15.9. The average Bonchev–Trinajstić information content (AvgIpc) is 3.28. The number of rotatable bonds is 6. The molecule has 0 aliphatic carbocycles. The lowest BCUT2D eigenvalue weighted by molar-refractivity contribution is -0.384. The van der Waals surface area contributed by atoms with Crippen LogP contribution < -0.4 is 5.32 Å². The summed E-state index contributed by atoms with van der Waals surface area (Å²) in [6.07, 6.45) is 2.92. The molecule has 6 nitrogen and oxygen atoms in total. The Hall–Kier alpha value is -4.17. The zero-order chi connectivity index (χ0) is 22.5. The minimum absolute atomic E-state index is 0.0152. The molecule has 3 aromatic carbocycles. The zero-order valence-corrected chi connectivity index (χ0v) is 17.4. The van der Waals surface area contributed by atoms with Gasteiger partial charge in [-0.3, -0.25) is 14.9 Å². The van der Waals surface area contributed by atoms with Gasteiger partial charge in [-0.25, -0.2) is 9.37 Å². The van der Waals surface area contributed by atoms with Gasteiger partial charge in [0, 0.05) is 34.7 Å². The van der Waals surface area contributed by atoms with E-state index in [9.17, 15) is 19.3 Å². The second-order valence-corrected chi connectivity index (χ2v) is 7.59. The third kappa shape index (κ3) is 4.76. The van der Waals surface area contributed by atoms with Crippen LogP contribution >= 0.6 is 11.3 Å². The summed E-state index contributed by atoms with van der Waals surface area (Å²) >= 11 is 1.32. The Morgan fingerprint density at radius 3 is 2.41 bits per heavy atom. The van der Waals surface area contributed by atoms with Crippen molar-refractivity contribution in [2.24, 2.45) is 0 Å². The summed E-state index contributed by atoms with van der Waals surface area (Å²) in [5.41, 5.74) is 2.98. The van der Waals surface area contributed by atoms with Crippen molar-refractivity contribution in [1.82, 2.24) is 4.98 Å². The molecule has 0 atom stereocenters. The van der Waals surface area contributed by atoms with Gasteiger partial charge in [-0.1, -0.05) is 30.3 Å². The van der Waals surface area contributed by atoms with Crippen LogP contribution in [0.25, 0.3) is 27.9 Å². The van der Waals surface area contributed by atoms with Gasteiger partial charge in [0.1, 0.15) is 10.8 Å². The minimum atomic E-state index is -0.479. The number of hydrogen-bond acceptors (Lipinski definition) is 5. The van der Waals surface area contributed by atoms with Crippen molar-refractivity contribution in [1.29, 1.82) is 0 Å². The van der Waals surface area contributed by atoms with Crippen LogP contribution in [0.4, 0.5) is 15.8 Å². The van der Waals surface area contributed by atoms with Crippen LogP contribution in [0.15, 0.2) is 84.3 Å². The molecule has 0 spiro atoms. The van der Waals surface area contributed by atoms with E-state index in [4.69, 9.17) is 0 Å². The molecule has 0 aliphatic rings. The van der Waals surface area contributed by atoms with Crippen LogP contribution in [0, 0.1) is 15.9 Å². The number of halogens is 1. The largest absolute Gasteiger partial charge is 0.322 e. The van der Waals surface area contributed by atoms with E-state index >= 15 is 0 Å². The molecule has 0 bridgehead atoms. The van der Waals surface area contributed by atoms with E-state index < -0.39 is 4.92 Å². The SMILES string of the molecule is O=C(/C=C/c1ccc([N+](=O)[O-])cc1)Nc1ccccc1-c1csc(-c2ccccc2F)n1. The zero-order valence-electron chi connectivity index (χ0n) is 16.6. The molecule has 0 unspecified atom stereocenters. The molecule has 1 aromatic heterocycles. The highest BCUT2D eigenvalue weighted by Gasteiger charge is 2.13. The van der Waals surface area contributed by atoms with Crippen molar-refractivity contribution in [3.05, 3.63) is 106 Å². The molecular formula is C24H16FN3O3S. The van der Waals surface area contributed by atoms with Crippen LogP contribution in [-0.4, -0.2) is 15.8 Å². The molecule has 32 heavy (non-hydrogen) atoms. The molecular weight excluding hydrogens is 429 g/mol. The maximum atomic E-state index is 14.1. The van der Waals surface area contributed by atoms with E-state index in [0.717, 1.165) is 0 Å². The van der Waals surface area contributed by atoms with Gasteiger partial charge >= 0.3 is 0 Å². The maximum absolute atomic E-state index is 14.1. The monoisotopic (exact) mass is 445 g/mol. The number of nitro benzene ring substituents is 1. The summed E-state index contributed by atoms with van der Waals surface area (Å²) in [6.45, 7) is 0. The number of nitrogens with one attached hydrogen (secondary N) is 1. The Labute approximate surface area is 186 Å². The number of carbonyl (C=O) groups excluding carboxylic acids is 1. The van der Waals surface area contributed by atoms with E-state index in [1.54, 1.807) is 48.5 Å². The molecule has 1 N–H and O–H groups in total. The number of amides is 1. The molecule has 8 heteroatoms. The number of benzene rings is 3. The molecule has 1 amide bonds. The van der Waals surface area contributed by atoms with Gasteiger partial charge < -0.3 is 5.32 Å². The van der Waals surface area contributed by atoms with Crippen molar-refractivity contribution < 1.29 is 14.1 Å². The fraction of sp³-hybridized carbons (Fsp3) is 0. The number of carbonyl (C=O) groups is 1. The number of aromatic nitrogens is 1. The average molecular weight is 445 g/mol. The van der Waals surface area contributed by atoms with Gasteiger partial charge in [0.05, 0.1) is 16.3 Å². The summed E-state index contributed by atoms with van der Waals surface area (Å²) in [4.78, 5) is 27.2. The summed E-state index contributed by atoms with van der Waals surface area (Å²) in [7, 11) is 0. The Bertz CT molecular complexity index is 1320. The number of nitrogens with zero attached hydrogens (tertiary/aromatic N) is 2. The molecule has 0 saturated heterocycles. The number of nitro groups is 1. The highest BCUT2D eigenvalue weighted by molar-refractivity contribution is 7.13. The first kappa shape index (κ1) is 21.1. The van der Waals surface area contributed by atoms with E-state index in [-0.39, 0.29) is 17.4 Å². The van der Waals surface area contributed by atoms with Crippen LogP contribution in [0.3, 0.4) is 0 Å². The van der Waals surface area contributed by atoms with Crippen LogP contribution in [0.5, 0.6) is 0 Å². The maximum Gasteiger partial charge on any atom is 0.269 e. The van der Waals surface area contributed by atoms with Crippen molar-refractivity contribution in [2.45, 2.75) is 0 Å². The highest BCUT2D eigenvalue weighted by Crippen LogP contribution is 2.33. The van der Waals surface area contributed by atoms with E-state index in [1.807, 2.05) is 17.5 Å². The predicted molar refractivity (Wildman–Crippen MR) is 124 cm³/mol. The summed E-state index contributed by atoms with van der Waals surface area (Å²) in [5.74, 6) is -0.702. The third-order valence-electron chi connectivity index (χ3n) is 4.60. The fourth-order valence-electron chi connectivity index (χ4n) is 3.02. The van der Waals surface area contributed by atoms with E-state index in [2.05, 4.69) is 10.3 Å². The first-order valence-electron chi connectivity index (χ1n) is 9.54. The van der Waals surface area contributed by atoms with Crippen molar-refractivity contribution in [2.75, 3.05) is 5.32 Å².